The molecule has 1 N–H and O–H groups in total. The van der Waals surface area contributed by atoms with Crippen molar-refractivity contribution in [2.45, 2.75) is 0 Å². The normalized spacial score (nSPS) is 9.90. The van der Waals surface area contributed by atoms with Crippen molar-refractivity contribution < 1.29 is 14.3 Å². The van der Waals surface area contributed by atoms with Crippen LogP contribution in [-0.2, 0) is 4.74 Å². The number of halogens is 1. The highest BCUT2D eigenvalue weighted by Gasteiger charge is 2.10. The number of hydrogen-bond acceptors (Lipinski definition) is 3. The molecule has 0 heterocycles. The Kier molecular flexibility index (Phi) is 4.38. The largest absolute Gasteiger partial charge is 0.465 e. The minimum absolute atomic E-state index is 0.304. The van der Waals surface area contributed by atoms with E-state index in [0.29, 0.717) is 21.8 Å². The van der Waals surface area contributed by atoms with Crippen molar-refractivity contribution in [2.75, 3.05) is 12.4 Å². The van der Waals surface area contributed by atoms with E-state index in [4.69, 9.17) is 11.6 Å². The van der Waals surface area contributed by atoms with Crippen molar-refractivity contribution in [3.8, 4) is 0 Å². The highest BCUT2D eigenvalue weighted by molar-refractivity contribution is 6.34. The van der Waals surface area contributed by atoms with Crippen LogP contribution in [0.1, 0.15) is 20.7 Å². The summed E-state index contributed by atoms with van der Waals surface area (Å²) in [4.78, 5) is 23.3. The number of hydrogen-bond donors (Lipinski definition) is 1. The van der Waals surface area contributed by atoms with Crippen LogP contribution in [-0.4, -0.2) is 19.0 Å². The molecule has 0 unspecified atom stereocenters. The highest BCUT2D eigenvalue weighted by atomic mass is 35.5. The smallest absolute Gasteiger partial charge is 0.337 e. The maximum atomic E-state index is 12.0. The van der Waals surface area contributed by atoms with E-state index in [1.54, 1.807) is 48.5 Å². The molecule has 0 spiro atoms. The molecule has 0 aromatic heterocycles. The van der Waals surface area contributed by atoms with Crippen LogP contribution in [0.5, 0.6) is 0 Å². The van der Waals surface area contributed by atoms with Gasteiger partial charge in [0.05, 0.1) is 23.3 Å². The van der Waals surface area contributed by atoms with E-state index >= 15 is 0 Å². The molecular weight excluding hydrogens is 278 g/mol. The van der Waals surface area contributed by atoms with Crippen molar-refractivity contribution in [1.29, 1.82) is 0 Å². The maximum Gasteiger partial charge on any atom is 0.337 e. The molecule has 2 rings (SSSR count). The minimum Gasteiger partial charge on any atom is -0.465 e. The number of ether oxygens (including phenoxy) is 1. The zero-order valence-corrected chi connectivity index (χ0v) is 11.5. The number of benzene rings is 2. The fraction of sp³-hybridized carbons (Fsp3) is 0.0667. The summed E-state index contributed by atoms with van der Waals surface area (Å²) in [5, 5.41) is 3.09. The Labute approximate surface area is 121 Å². The van der Waals surface area contributed by atoms with Crippen molar-refractivity contribution >= 4 is 29.2 Å². The third kappa shape index (κ3) is 3.16. The molecule has 20 heavy (non-hydrogen) atoms. The molecule has 0 fully saturated rings. The predicted molar refractivity (Wildman–Crippen MR) is 77.2 cm³/mol. The van der Waals surface area contributed by atoms with Gasteiger partial charge in [0.2, 0.25) is 0 Å². The van der Waals surface area contributed by atoms with Crippen LogP contribution in [0.15, 0.2) is 48.5 Å². The van der Waals surface area contributed by atoms with Gasteiger partial charge in [-0.15, -0.1) is 0 Å². The fourth-order valence-corrected chi connectivity index (χ4v) is 1.87. The number of anilines is 1. The van der Waals surface area contributed by atoms with Crippen molar-refractivity contribution in [2.24, 2.45) is 0 Å². The first-order valence-electron chi connectivity index (χ1n) is 5.86. The third-order valence-electron chi connectivity index (χ3n) is 2.68. The van der Waals surface area contributed by atoms with Crippen LogP contribution in [0.4, 0.5) is 5.69 Å². The second kappa shape index (κ2) is 6.21. The molecule has 2 aromatic carbocycles. The van der Waals surface area contributed by atoms with Crippen molar-refractivity contribution in [1.82, 2.24) is 0 Å². The van der Waals surface area contributed by atoms with Gasteiger partial charge in [-0.05, 0) is 36.4 Å². The standard InChI is InChI=1S/C15H12ClNO3/c1-20-15(19)10-6-8-11(9-7-10)17-14(18)12-4-2-3-5-13(12)16/h2-9H,1H3,(H,17,18). The Bertz CT molecular complexity index is 638. The Morgan fingerprint density at radius 2 is 1.70 bits per heavy atom. The van der Waals surface area contributed by atoms with E-state index in [-0.39, 0.29) is 5.91 Å². The molecule has 4 nitrogen and oxygen atoms in total. The quantitative estimate of drug-likeness (QED) is 0.881. The maximum absolute atomic E-state index is 12.0. The van der Waals surface area contributed by atoms with Gasteiger partial charge in [-0.3, -0.25) is 4.79 Å². The summed E-state index contributed by atoms with van der Waals surface area (Å²) in [6.07, 6.45) is 0. The zero-order valence-electron chi connectivity index (χ0n) is 10.7. The molecule has 102 valence electrons. The number of rotatable bonds is 3. The zero-order chi connectivity index (χ0) is 14.5. The van der Waals surface area contributed by atoms with E-state index < -0.39 is 5.97 Å². The molecule has 5 heteroatoms. The van der Waals surface area contributed by atoms with Crippen molar-refractivity contribution in [3.63, 3.8) is 0 Å². The molecule has 0 atom stereocenters. The second-order valence-electron chi connectivity index (χ2n) is 4.00. The Hall–Kier alpha value is -2.33. The molecule has 0 aliphatic rings. The third-order valence-corrected chi connectivity index (χ3v) is 3.01. The minimum atomic E-state index is -0.422. The first-order valence-corrected chi connectivity index (χ1v) is 6.24. The molecule has 0 aliphatic carbocycles. The lowest BCUT2D eigenvalue weighted by molar-refractivity contribution is 0.0600. The first kappa shape index (κ1) is 14.1. The van der Waals surface area contributed by atoms with Gasteiger partial charge in [-0.25, -0.2) is 4.79 Å². The number of methoxy groups -OCH3 is 1. The predicted octanol–water partition coefficient (Wildman–Crippen LogP) is 3.38. The fourth-order valence-electron chi connectivity index (χ4n) is 1.65. The number of carbonyl (C=O) groups is 2. The lowest BCUT2D eigenvalue weighted by Gasteiger charge is -2.07. The molecule has 1 amide bonds. The summed E-state index contributed by atoms with van der Waals surface area (Å²) in [7, 11) is 1.31. The van der Waals surface area contributed by atoms with Gasteiger partial charge in [0, 0.05) is 5.69 Å². The Morgan fingerprint density at radius 1 is 1.05 bits per heavy atom. The van der Waals surface area contributed by atoms with Gasteiger partial charge in [-0.2, -0.15) is 0 Å². The molecule has 0 aliphatic heterocycles. The van der Waals surface area contributed by atoms with Gasteiger partial charge < -0.3 is 10.1 Å². The highest BCUT2D eigenvalue weighted by Crippen LogP contribution is 2.17. The van der Waals surface area contributed by atoms with Crippen molar-refractivity contribution in [3.05, 3.63) is 64.7 Å². The summed E-state index contributed by atoms with van der Waals surface area (Å²) in [6, 6.07) is 13.2. The lowest BCUT2D eigenvalue weighted by Crippen LogP contribution is -2.12. The number of nitrogens with one attached hydrogen (secondary N) is 1. The SMILES string of the molecule is COC(=O)c1ccc(NC(=O)c2ccccc2Cl)cc1. The Balaban J connectivity index is 2.13. The number of amides is 1. The molecule has 0 bridgehead atoms. The topological polar surface area (TPSA) is 55.4 Å². The number of esters is 1. The van der Waals surface area contributed by atoms with E-state index in [9.17, 15) is 9.59 Å². The second-order valence-corrected chi connectivity index (χ2v) is 4.41. The van der Waals surface area contributed by atoms with Gasteiger partial charge in [0.25, 0.3) is 5.91 Å². The average molecular weight is 290 g/mol. The van der Waals surface area contributed by atoms with E-state index in [1.807, 2.05) is 0 Å². The summed E-state index contributed by atoms with van der Waals surface area (Å²) < 4.78 is 4.60. The number of carbonyl (C=O) groups excluding carboxylic acids is 2. The van der Waals surface area contributed by atoms with Crippen LogP contribution in [0, 0.1) is 0 Å². The summed E-state index contributed by atoms with van der Waals surface area (Å²) in [6.45, 7) is 0. The van der Waals surface area contributed by atoms with Gasteiger partial charge >= 0.3 is 5.97 Å². The van der Waals surface area contributed by atoms with Crippen LogP contribution < -0.4 is 5.32 Å². The van der Waals surface area contributed by atoms with Crippen LogP contribution in [0.25, 0.3) is 0 Å². The molecule has 2 aromatic rings. The van der Waals surface area contributed by atoms with Crippen LogP contribution in [0.3, 0.4) is 0 Å². The molecule has 0 saturated heterocycles. The first-order chi connectivity index (χ1) is 9.61. The van der Waals surface area contributed by atoms with Gasteiger partial charge in [0.1, 0.15) is 0 Å². The van der Waals surface area contributed by atoms with E-state index in [0.717, 1.165) is 0 Å². The monoisotopic (exact) mass is 289 g/mol. The van der Waals surface area contributed by atoms with Gasteiger partial charge in [-0.1, -0.05) is 23.7 Å². The van der Waals surface area contributed by atoms with E-state index in [1.165, 1.54) is 7.11 Å². The molecule has 0 radical (unpaired) electrons. The summed E-state index contributed by atoms with van der Waals surface area (Å²) in [5.41, 5.74) is 1.39. The molecule has 0 saturated carbocycles. The van der Waals surface area contributed by atoms with Crippen LogP contribution >= 0.6 is 11.6 Å². The van der Waals surface area contributed by atoms with Crippen LogP contribution in [0.2, 0.25) is 5.02 Å². The Morgan fingerprint density at radius 3 is 2.30 bits per heavy atom. The average Bonchev–Trinajstić information content (AvgIpc) is 2.47. The van der Waals surface area contributed by atoms with E-state index in [2.05, 4.69) is 10.1 Å². The lowest BCUT2D eigenvalue weighted by atomic mass is 10.2. The summed E-state index contributed by atoms with van der Waals surface area (Å²) in [5.74, 6) is -0.726. The summed E-state index contributed by atoms with van der Waals surface area (Å²) >= 11 is 5.95. The van der Waals surface area contributed by atoms with Gasteiger partial charge in [0.15, 0.2) is 0 Å². The molecular formula is C15H12ClNO3.